The minimum absolute atomic E-state index is 0.0837. The maximum atomic E-state index is 6.29. The molecule has 0 N–H and O–H groups in total. The van der Waals surface area contributed by atoms with Gasteiger partial charge in [-0.1, -0.05) is 163 Å². The topological polar surface area (TPSA) is 18.5 Å². The molecule has 2 aromatic carbocycles. The van der Waals surface area contributed by atoms with Crippen molar-refractivity contribution in [2.45, 2.75) is 175 Å². The first-order chi connectivity index (χ1) is 22.0. The molecule has 0 heterocycles. The highest BCUT2D eigenvalue weighted by Gasteiger charge is 2.43. The van der Waals surface area contributed by atoms with Crippen LogP contribution in [0, 0.1) is 0 Å². The summed E-state index contributed by atoms with van der Waals surface area (Å²) in [5, 5.41) is 3.31. The number of rotatable bonds is 7. The Balaban J connectivity index is 2.57. The van der Waals surface area contributed by atoms with Crippen molar-refractivity contribution in [3.8, 4) is 11.5 Å². The smallest absolute Gasteiger partial charge is 0.126 e. The Bertz CT molecular complexity index is 1380. The summed E-state index contributed by atoms with van der Waals surface area (Å²) in [7, 11) is 2.47. The van der Waals surface area contributed by atoms with Crippen molar-refractivity contribution < 1.29 is 9.47 Å². The van der Waals surface area contributed by atoms with E-state index in [-0.39, 0.29) is 39.9 Å². The fourth-order valence-corrected chi connectivity index (χ4v) is 16.0. The molecule has 0 fully saturated rings. The van der Waals surface area contributed by atoms with Crippen LogP contribution in [0.1, 0.15) is 154 Å². The van der Waals surface area contributed by atoms with Gasteiger partial charge in [-0.25, -0.2) is 0 Å². The van der Waals surface area contributed by atoms with Gasteiger partial charge in [0, 0.05) is 27.9 Å². The van der Waals surface area contributed by atoms with Gasteiger partial charge in [-0.15, -0.1) is 0 Å². The van der Waals surface area contributed by atoms with Crippen LogP contribution >= 0.6 is 15.8 Å². The van der Waals surface area contributed by atoms with Crippen LogP contribution in [0.4, 0.5) is 0 Å². The van der Waals surface area contributed by atoms with E-state index in [9.17, 15) is 0 Å². The maximum Gasteiger partial charge on any atom is 0.126 e. The Morgan fingerprint density at radius 2 is 0.837 bits per heavy atom. The van der Waals surface area contributed by atoms with Crippen LogP contribution in [-0.2, 0) is 21.7 Å². The van der Waals surface area contributed by atoms with E-state index in [1.807, 2.05) is 14.2 Å². The summed E-state index contributed by atoms with van der Waals surface area (Å²) in [4.78, 5) is 0. The summed E-state index contributed by atoms with van der Waals surface area (Å²) in [6.45, 7) is 45.3. The van der Waals surface area contributed by atoms with Gasteiger partial charge in [0.15, 0.2) is 0 Å². The molecule has 3 rings (SSSR count). The van der Waals surface area contributed by atoms with E-state index in [0.717, 1.165) is 11.5 Å². The minimum atomic E-state index is -0.864. The predicted molar refractivity (Wildman–Crippen MR) is 224 cm³/mol. The first-order valence-corrected chi connectivity index (χ1v) is 21.2. The van der Waals surface area contributed by atoms with Gasteiger partial charge in [-0.3, -0.25) is 0 Å². The SMILES string of the molecule is COc1c(C(C)(C)C)cc(P(c2cc(C(C)(C)C)c(OC)c(C(C)(C)C)c2)C2C=CC=C2C(C)P(C(C)(C)C)C(C)(C)C)cc1C(C)(C)C. The molecule has 0 spiro atoms. The molecule has 2 nitrogen and oxygen atoms in total. The van der Waals surface area contributed by atoms with Crippen LogP contribution in [0.3, 0.4) is 0 Å². The van der Waals surface area contributed by atoms with Crippen LogP contribution in [-0.4, -0.2) is 35.8 Å². The van der Waals surface area contributed by atoms with E-state index >= 15 is 0 Å². The minimum Gasteiger partial charge on any atom is -0.496 e. The summed E-state index contributed by atoms with van der Waals surface area (Å²) in [6, 6.07) is 10.1. The second-order valence-electron chi connectivity index (χ2n) is 20.4. The third-order valence-electron chi connectivity index (χ3n) is 9.86. The molecule has 0 saturated carbocycles. The molecule has 49 heavy (non-hydrogen) atoms. The largest absolute Gasteiger partial charge is 0.496 e. The number of methoxy groups -OCH3 is 2. The molecule has 2 unspecified atom stereocenters. The molecular weight excluding hydrogens is 634 g/mol. The molecule has 1 aliphatic rings. The molecule has 0 radical (unpaired) electrons. The number of hydrogen-bond acceptors (Lipinski definition) is 2. The first kappa shape index (κ1) is 41.8. The van der Waals surface area contributed by atoms with Gasteiger partial charge in [0.1, 0.15) is 11.5 Å². The van der Waals surface area contributed by atoms with E-state index in [1.54, 1.807) is 5.57 Å². The van der Waals surface area contributed by atoms with Gasteiger partial charge >= 0.3 is 0 Å². The average molecular weight is 707 g/mol. The summed E-state index contributed by atoms with van der Waals surface area (Å²) in [6.07, 6.45) is 7.38. The van der Waals surface area contributed by atoms with Crippen molar-refractivity contribution in [2.24, 2.45) is 0 Å². The average Bonchev–Trinajstić information content (AvgIpc) is 3.38. The lowest BCUT2D eigenvalue weighted by Gasteiger charge is -2.47. The molecule has 0 saturated heterocycles. The lowest BCUT2D eigenvalue weighted by atomic mass is 9.79. The van der Waals surface area contributed by atoms with E-state index in [0.29, 0.717) is 11.3 Å². The van der Waals surface area contributed by atoms with Crippen molar-refractivity contribution in [1.82, 2.24) is 0 Å². The number of benzene rings is 2. The third kappa shape index (κ3) is 9.07. The van der Waals surface area contributed by atoms with Crippen molar-refractivity contribution in [3.63, 3.8) is 0 Å². The highest BCUT2D eigenvalue weighted by atomic mass is 31.1. The van der Waals surface area contributed by atoms with Crippen molar-refractivity contribution in [1.29, 1.82) is 0 Å². The molecule has 0 amide bonds. The summed E-state index contributed by atoms with van der Waals surface area (Å²) < 4.78 is 12.6. The Morgan fingerprint density at radius 3 is 1.08 bits per heavy atom. The lowest BCUT2D eigenvalue weighted by molar-refractivity contribution is 0.381. The van der Waals surface area contributed by atoms with E-state index in [2.05, 4.69) is 174 Å². The van der Waals surface area contributed by atoms with Crippen LogP contribution in [0.25, 0.3) is 0 Å². The zero-order valence-corrected chi connectivity index (χ0v) is 37.2. The van der Waals surface area contributed by atoms with Gasteiger partial charge in [0.25, 0.3) is 0 Å². The highest BCUT2D eigenvalue weighted by Crippen LogP contribution is 2.66. The molecule has 0 bridgehead atoms. The van der Waals surface area contributed by atoms with Crippen LogP contribution in [0.15, 0.2) is 48.1 Å². The zero-order valence-electron chi connectivity index (χ0n) is 35.4. The molecule has 4 heteroatoms. The molecule has 1 aliphatic carbocycles. The van der Waals surface area contributed by atoms with E-state index < -0.39 is 7.92 Å². The van der Waals surface area contributed by atoms with Gasteiger partial charge in [0.05, 0.1) is 14.2 Å². The van der Waals surface area contributed by atoms with Crippen molar-refractivity contribution in [2.75, 3.05) is 14.2 Å². The van der Waals surface area contributed by atoms with Gasteiger partial charge in [-0.05, 0) is 80.4 Å². The Hall–Kier alpha value is -1.62. The number of hydrogen-bond donors (Lipinski definition) is 0. The quantitative estimate of drug-likeness (QED) is 0.267. The van der Waals surface area contributed by atoms with Crippen LogP contribution in [0.2, 0.25) is 0 Å². The normalized spacial score (nSPS) is 17.2. The van der Waals surface area contributed by atoms with Gasteiger partial charge < -0.3 is 9.47 Å². The lowest BCUT2D eigenvalue weighted by Crippen LogP contribution is -2.34. The summed E-state index contributed by atoms with van der Waals surface area (Å²) >= 11 is 0. The van der Waals surface area contributed by atoms with E-state index in [4.69, 9.17) is 9.47 Å². The first-order valence-electron chi connectivity index (χ1n) is 18.4. The van der Waals surface area contributed by atoms with Gasteiger partial charge in [-0.2, -0.15) is 0 Å². The van der Waals surface area contributed by atoms with Gasteiger partial charge in [0.2, 0.25) is 0 Å². The van der Waals surface area contributed by atoms with Crippen molar-refractivity contribution in [3.05, 3.63) is 70.3 Å². The Morgan fingerprint density at radius 1 is 0.531 bits per heavy atom. The summed E-state index contributed by atoms with van der Waals surface area (Å²) in [5.74, 6) is 2.07. The molecule has 0 aliphatic heterocycles. The Kier molecular flexibility index (Phi) is 12.0. The Labute approximate surface area is 305 Å². The maximum absolute atomic E-state index is 6.29. The highest BCUT2D eigenvalue weighted by molar-refractivity contribution is 7.74. The predicted octanol–water partition coefficient (Wildman–Crippen LogP) is 12.7. The standard InChI is InChI=1S/C45H72O2P2/c1-29(49(44(14,15)16)45(17,18)19)32-23-22-24-37(32)48(30-25-33(40(2,3)4)38(46-20)34(26-30)41(5,6)7)31-27-35(42(8,9)10)39(47-21)36(28-31)43(11,12)13/h22-29,37H,1-21H3. The third-order valence-corrected chi connectivity index (χ3v) is 16.5. The molecule has 274 valence electrons. The van der Waals surface area contributed by atoms with E-state index in [1.165, 1.54) is 32.9 Å². The van der Waals surface area contributed by atoms with Crippen LogP contribution in [0.5, 0.6) is 11.5 Å². The number of allylic oxidation sites excluding steroid dienone is 4. The van der Waals surface area contributed by atoms with Crippen LogP contribution < -0.4 is 20.1 Å². The fourth-order valence-electron chi connectivity index (χ4n) is 8.06. The van der Waals surface area contributed by atoms with Crippen molar-refractivity contribution >= 4 is 26.5 Å². The second-order valence-corrected chi connectivity index (χ2v) is 26.9. The molecule has 2 atom stereocenters. The molecule has 2 aromatic rings. The number of ether oxygens (including phenoxy) is 2. The fraction of sp³-hybridized carbons (Fsp3) is 0.644. The molecule has 0 aromatic heterocycles. The monoisotopic (exact) mass is 707 g/mol. The second kappa shape index (κ2) is 14.1. The zero-order chi connectivity index (χ0) is 37.9. The molecular formula is C45H72O2P2. The summed E-state index contributed by atoms with van der Waals surface area (Å²) in [5.41, 5.74) is 7.19.